The van der Waals surface area contributed by atoms with Gasteiger partial charge in [0.1, 0.15) is 5.65 Å². The Morgan fingerprint density at radius 2 is 1.77 bits per heavy atom. The van der Waals surface area contributed by atoms with Gasteiger partial charge in [-0.15, -0.1) is 0 Å². The highest BCUT2D eigenvalue weighted by atomic mass is 16.4. The lowest BCUT2D eigenvalue weighted by molar-refractivity contribution is 0.0697. The monoisotopic (exact) mass is 412 g/mol. The molecule has 2 aromatic heterocycles. The first kappa shape index (κ1) is 20.9. The minimum absolute atomic E-state index is 0.323. The molecule has 0 radical (unpaired) electrons. The number of fused-ring (bicyclic) bond motifs is 1. The second kappa shape index (κ2) is 8.76. The lowest BCUT2D eigenvalue weighted by Crippen LogP contribution is -2.06. The average molecular weight is 413 g/mol. The highest BCUT2D eigenvalue weighted by Crippen LogP contribution is 2.27. The lowest BCUT2D eigenvalue weighted by Gasteiger charge is -2.12. The van der Waals surface area contributed by atoms with Crippen molar-refractivity contribution in [3.05, 3.63) is 88.7 Å². The van der Waals surface area contributed by atoms with E-state index < -0.39 is 5.97 Å². The number of nitrogens with zero attached hydrogens (tertiary/aromatic N) is 2. The zero-order chi connectivity index (χ0) is 22.0. The van der Waals surface area contributed by atoms with Gasteiger partial charge in [-0.05, 0) is 60.2 Å². The molecule has 0 unspecified atom stereocenters. The fraction of sp³-hybridized carbons (Fsp3) is 0.259. The van der Waals surface area contributed by atoms with Crippen molar-refractivity contribution in [1.82, 2.24) is 9.55 Å². The van der Waals surface area contributed by atoms with Crippen molar-refractivity contribution in [1.29, 1.82) is 0 Å². The van der Waals surface area contributed by atoms with Crippen LogP contribution in [0.15, 0.2) is 60.7 Å². The highest BCUT2D eigenvalue weighted by Gasteiger charge is 2.14. The Hall–Kier alpha value is -3.40. The number of aromatic carboxylic acids is 1. The van der Waals surface area contributed by atoms with Gasteiger partial charge in [0.05, 0.1) is 5.56 Å². The molecule has 0 fully saturated rings. The molecular weight excluding hydrogens is 384 g/mol. The molecular formula is C27H28N2O2. The first-order chi connectivity index (χ1) is 15.0. The summed E-state index contributed by atoms with van der Waals surface area (Å²) in [5.41, 5.74) is 7.91. The zero-order valence-electron chi connectivity index (χ0n) is 18.4. The van der Waals surface area contributed by atoms with Crippen LogP contribution in [-0.2, 0) is 19.4 Å². The van der Waals surface area contributed by atoms with E-state index in [4.69, 9.17) is 4.98 Å². The van der Waals surface area contributed by atoms with Crippen molar-refractivity contribution >= 4 is 17.0 Å². The number of benzene rings is 2. The molecule has 4 nitrogen and oxygen atoms in total. The number of rotatable bonds is 7. The number of carbonyl (C=O) groups is 1. The van der Waals surface area contributed by atoms with Crippen LogP contribution in [0.5, 0.6) is 0 Å². The predicted octanol–water partition coefficient (Wildman–Crippen LogP) is 6.27. The predicted molar refractivity (Wildman–Crippen MR) is 126 cm³/mol. The summed E-state index contributed by atoms with van der Waals surface area (Å²) in [6.45, 7) is 7.26. The van der Waals surface area contributed by atoms with Crippen LogP contribution in [0.25, 0.3) is 22.2 Å². The van der Waals surface area contributed by atoms with Gasteiger partial charge < -0.3 is 9.67 Å². The Kier molecular flexibility index (Phi) is 5.90. The molecule has 4 aromatic rings. The summed E-state index contributed by atoms with van der Waals surface area (Å²) >= 11 is 0. The summed E-state index contributed by atoms with van der Waals surface area (Å²) in [5, 5.41) is 10.7. The normalized spacial score (nSPS) is 11.2. The topological polar surface area (TPSA) is 55.1 Å². The summed E-state index contributed by atoms with van der Waals surface area (Å²) < 4.78 is 2.34. The van der Waals surface area contributed by atoms with Gasteiger partial charge in [-0.2, -0.15) is 0 Å². The molecule has 0 aliphatic rings. The standard InChI is InChI=1S/C27H28N2O2/c1-4-8-22-16-25-18(3)15-21(5-2)28-26(25)29(22)17-19-11-13-20(14-12-19)23-9-6-7-10-24(23)27(30)31/h6-7,9-16H,4-5,8,17H2,1-3H3,(H,30,31). The number of aromatic nitrogens is 2. The van der Waals surface area contributed by atoms with Crippen LogP contribution in [-0.4, -0.2) is 20.6 Å². The third kappa shape index (κ3) is 4.11. The van der Waals surface area contributed by atoms with E-state index in [1.165, 1.54) is 22.2 Å². The molecule has 1 N–H and O–H groups in total. The smallest absolute Gasteiger partial charge is 0.336 e. The summed E-state index contributed by atoms with van der Waals surface area (Å²) in [5.74, 6) is -0.907. The Bertz CT molecular complexity index is 1240. The third-order valence-electron chi connectivity index (χ3n) is 5.84. The van der Waals surface area contributed by atoms with E-state index in [1.54, 1.807) is 12.1 Å². The van der Waals surface area contributed by atoms with Crippen LogP contribution in [0.3, 0.4) is 0 Å². The molecule has 0 spiro atoms. The molecule has 2 heterocycles. The maximum atomic E-state index is 11.6. The number of pyridine rings is 1. The van der Waals surface area contributed by atoms with Crippen LogP contribution in [0, 0.1) is 6.92 Å². The maximum absolute atomic E-state index is 11.6. The summed E-state index contributed by atoms with van der Waals surface area (Å²) in [7, 11) is 0. The largest absolute Gasteiger partial charge is 0.478 e. The Morgan fingerprint density at radius 3 is 2.45 bits per heavy atom. The number of carboxylic acids is 1. The molecule has 0 saturated heterocycles. The molecule has 0 saturated carbocycles. The molecule has 4 rings (SSSR count). The number of carboxylic acid groups (broad SMARTS) is 1. The SMILES string of the molecule is CCCc1cc2c(C)cc(CC)nc2n1Cc1ccc(-c2ccccc2C(=O)O)cc1. The van der Waals surface area contributed by atoms with Crippen LogP contribution in [0.4, 0.5) is 0 Å². The molecule has 0 amide bonds. The molecule has 0 atom stereocenters. The van der Waals surface area contributed by atoms with E-state index in [-0.39, 0.29) is 0 Å². The van der Waals surface area contributed by atoms with Crippen molar-refractivity contribution in [3.63, 3.8) is 0 Å². The summed E-state index contributed by atoms with van der Waals surface area (Å²) in [6.07, 6.45) is 3.02. The van der Waals surface area contributed by atoms with Gasteiger partial charge in [0.25, 0.3) is 0 Å². The Balaban J connectivity index is 1.72. The molecule has 31 heavy (non-hydrogen) atoms. The quantitative estimate of drug-likeness (QED) is 0.389. The van der Waals surface area contributed by atoms with E-state index in [2.05, 4.69) is 49.6 Å². The van der Waals surface area contributed by atoms with Gasteiger partial charge in [-0.1, -0.05) is 62.7 Å². The van der Waals surface area contributed by atoms with E-state index in [0.29, 0.717) is 5.56 Å². The van der Waals surface area contributed by atoms with Crippen molar-refractivity contribution in [2.75, 3.05) is 0 Å². The van der Waals surface area contributed by atoms with Crippen LogP contribution in [0.2, 0.25) is 0 Å². The van der Waals surface area contributed by atoms with Gasteiger partial charge in [-0.3, -0.25) is 0 Å². The van der Waals surface area contributed by atoms with E-state index >= 15 is 0 Å². The number of hydrogen-bond acceptors (Lipinski definition) is 2. The van der Waals surface area contributed by atoms with Crippen LogP contribution in [0.1, 0.15) is 53.1 Å². The first-order valence-corrected chi connectivity index (χ1v) is 10.9. The second-order valence-corrected chi connectivity index (χ2v) is 8.04. The fourth-order valence-corrected chi connectivity index (χ4v) is 4.21. The van der Waals surface area contributed by atoms with E-state index in [0.717, 1.165) is 48.3 Å². The van der Waals surface area contributed by atoms with Crippen molar-refractivity contribution < 1.29 is 9.90 Å². The van der Waals surface area contributed by atoms with Crippen molar-refractivity contribution in [2.45, 2.75) is 46.6 Å². The van der Waals surface area contributed by atoms with E-state index in [1.807, 2.05) is 24.3 Å². The highest BCUT2D eigenvalue weighted by molar-refractivity contribution is 5.96. The molecule has 4 heteroatoms. The van der Waals surface area contributed by atoms with Crippen LogP contribution < -0.4 is 0 Å². The van der Waals surface area contributed by atoms with Crippen molar-refractivity contribution in [2.24, 2.45) is 0 Å². The van der Waals surface area contributed by atoms with Crippen molar-refractivity contribution in [3.8, 4) is 11.1 Å². The van der Waals surface area contributed by atoms with E-state index in [9.17, 15) is 9.90 Å². The van der Waals surface area contributed by atoms with Crippen LogP contribution >= 0.6 is 0 Å². The maximum Gasteiger partial charge on any atom is 0.336 e. The molecule has 0 aliphatic heterocycles. The van der Waals surface area contributed by atoms with Gasteiger partial charge >= 0.3 is 5.97 Å². The van der Waals surface area contributed by atoms with Gasteiger partial charge in [-0.25, -0.2) is 9.78 Å². The zero-order valence-corrected chi connectivity index (χ0v) is 18.4. The minimum atomic E-state index is -0.907. The number of aryl methyl sites for hydroxylation is 3. The average Bonchev–Trinajstić information content (AvgIpc) is 3.12. The third-order valence-corrected chi connectivity index (χ3v) is 5.84. The van der Waals surface area contributed by atoms with Gasteiger partial charge in [0.15, 0.2) is 0 Å². The fourth-order valence-electron chi connectivity index (χ4n) is 4.21. The molecule has 0 aliphatic carbocycles. The molecule has 158 valence electrons. The van der Waals surface area contributed by atoms with Gasteiger partial charge in [0.2, 0.25) is 0 Å². The first-order valence-electron chi connectivity index (χ1n) is 10.9. The number of hydrogen-bond donors (Lipinski definition) is 1. The molecule has 0 bridgehead atoms. The lowest BCUT2D eigenvalue weighted by atomic mass is 9.99. The second-order valence-electron chi connectivity index (χ2n) is 8.04. The summed E-state index contributed by atoms with van der Waals surface area (Å²) in [6, 6.07) is 19.8. The Labute approximate surface area is 183 Å². The minimum Gasteiger partial charge on any atom is -0.478 e. The molecule has 2 aromatic carbocycles. The van der Waals surface area contributed by atoms with Gasteiger partial charge in [0, 0.05) is 23.3 Å². The Morgan fingerprint density at radius 1 is 1.03 bits per heavy atom. The summed E-state index contributed by atoms with van der Waals surface area (Å²) in [4.78, 5) is 16.5.